The predicted molar refractivity (Wildman–Crippen MR) is 85.8 cm³/mol. The number of benzene rings is 1. The monoisotopic (exact) mass is 289 g/mol. The summed E-state index contributed by atoms with van der Waals surface area (Å²) in [6.07, 6.45) is 1.03. The molecule has 0 bridgehead atoms. The molecule has 0 radical (unpaired) electrons. The summed E-state index contributed by atoms with van der Waals surface area (Å²) in [7, 11) is 0. The van der Waals surface area contributed by atoms with E-state index in [4.69, 9.17) is 5.73 Å². The van der Waals surface area contributed by atoms with E-state index >= 15 is 0 Å². The fourth-order valence-electron chi connectivity index (χ4n) is 3.03. The van der Waals surface area contributed by atoms with E-state index in [1.807, 2.05) is 11.0 Å². The van der Waals surface area contributed by atoms with E-state index in [1.165, 1.54) is 5.56 Å². The molecule has 21 heavy (non-hydrogen) atoms. The molecule has 1 aromatic rings. The standard InChI is InChI=1S/C17H27N3O/c1-13(2)20(11-15-7-5-4-6-8-15)16-9-10-19(12-16)17(21)14(3)18/h4-8,13-14,16H,9-12,18H2,1-3H3/t14-,16+/m0/s1. The number of nitrogens with two attached hydrogens (primary N) is 1. The Bertz CT molecular complexity index is 458. The van der Waals surface area contributed by atoms with E-state index in [9.17, 15) is 4.79 Å². The van der Waals surface area contributed by atoms with E-state index in [0.717, 1.165) is 26.1 Å². The second-order valence-electron chi connectivity index (χ2n) is 6.27. The minimum atomic E-state index is -0.398. The topological polar surface area (TPSA) is 49.6 Å². The molecule has 2 rings (SSSR count). The molecule has 1 aliphatic heterocycles. The maximum Gasteiger partial charge on any atom is 0.239 e. The lowest BCUT2D eigenvalue weighted by atomic mass is 10.1. The van der Waals surface area contributed by atoms with Crippen molar-refractivity contribution in [2.45, 2.75) is 51.9 Å². The summed E-state index contributed by atoms with van der Waals surface area (Å²) in [4.78, 5) is 16.4. The number of rotatable bonds is 5. The van der Waals surface area contributed by atoms with Gasteiger partial charge in [0.2, 0.25) is 5.91 Å². The minimum absolute atomic E-state index is 0.0703. The zero-order valence-corrected chi connectivity index (χ0v) is 13.3. The summed E-state index contributed by atoms with van der Waals surface area (Å²) in [5, 5.41) is 0. The Morgan fingerprint density at radius 1 is 1.33 bits per heavy atom. The number of likely N-dealkylation sites (tertiary alicyclic amines) is 1. The highest BCUT2D eigenvalue weighted by Crippen LogP contribution is 2.21. The van der Waals surface area contributed by atoms with Crippen molar-refractivity contribution in [3.05, 3.63) is 35.9 Å². The Kier molecular flexibility index (Phi) is 5.37. The summed E-state index contributed by atoms with van der Waals surface area (Å²) in [6, 6.07) is 11.0. The van der Waals surface area contributed by atoms with Gasteiger partial charge >= 0.3 is 0 Å². The number of hydrogen-bond acceptors (Lipinski definition) is 3. The average Bonchev–Trinajstić information content (AvgIpc) is 2.94. The fourth-order valence-corrected chi connectivity index (χ4v) is 3.03. The van der Waals surface area contributed by atoms with Crippen LogP contribution in [0.1, 0.15) is 32.8 Å². The number of hydrogen-bond donors (Lipinski definition) is 1. The Morgan fingerprint density at radius 2 is 2.00 bits per heavy atom. The van der Waals surface area contributed by atoms with Gasteiger partial charge in [-0.15, -0.1) is 0 Å². The van der Waals surface area contributed by atoms with E-state index in [2.05, 4.69) is 43.0 Å². The molecule has 1 saturated heterocycles. The van der Waals surface area contributed by atoms with Crippen molar-refractivity contribution < 1.29 is 4.79 Å². The van der Waals surface area contributed by atoms with E-state index in [0.29, 0.717) is 12.1 Å². The smallest absolute Gasteiger partial charge is 0.239 e. The lowest BCUT2D eigenvalue weighted by Crippen LogP contribution is -2.45. The van der Waals surface area contributed by atoms with Gasteiger partial charge in [-0.05, 0) is 32.8 Å². The molecule has 4 nitrogen and oxygen atoms in total. The van der Waals surface area contributed by atoms with Crippen LogP contribution in [-0.2, 0) is 11.3 Å². The van der Waals surface area contributed by atoms with E-state index in [-0.39, 0.29) is 5.91 Å². The first kappa shape index (κ1) is 16.0. The summed E-state index contributed by atoms with van der Waals surface area (Å²) in [5.74, 6) is 0.0703. The molecule has 116 valence electrons. The average molecular weight is 289 g/mol. The lowest BCUT2D eigenvalue weighted by Gasteiger charge is -2.32. The van der Waals surface area contributed by atoms with Crippen molar-refractivity contribution in [2.75, 3.05) is 13.1 Å². The van der Waals surface area contributed by atoms with Crippen LogP contribution in [0.4, 0.5) is 0 Å². The van der Waals surface area contributed by atoms with Crippen molar-refractivity contribution >= 4 is 5.91 Å². The maximum absolute atomic E-state index is 12.0. The molecule has 1 fully saturated rings. The van der Waals surface area contributed by atoms with Gasteiger partial charge in [0, 0.05) is 31.7 Å². The van der Waals surface area contributed by atoms with E-state index in [1.54, 1.807) is 6.92 Å². The lowest BCUT2D eigenvalue weighted by molar-refractivity contribution is -0.131. The molecule has 2 N–H and O–H groups in total. The molecule has 0 spiro atoms. The van der Waals surface area contributed by atoms with Crippen LogP contribution in [0.25, 0.3) is 0 Å². The van der Waals surface area contributed by atoms with Crippen molar-refractivity contribution in [2.24, 2.45) is 5.73 Å². The SMILES string of the molecule is CC(C)N(Cc1ccccc1)[C@@H]1CCN(C(=O)[C@H](C)N)C1. The van der Waals surface area contributed by atoms with Gasteiger partial charge < -0.3 is 10.6 Å². The number of amides is 1. The third-order valence-corrected chi connectivity index (χ3v) is 4.20. The molecule has 0 aromatic heterocycles. The zero-order chi connectivity index (χ0) is 15.4. The molecule has 1 heterocycles. The Morgan fingerprint density at radius 3 is 2.57 bits per heavy atom. The van der Waals surface area contributed by atoms with E-state index < -0.39 is 6.04 Å². The van der Waals surface area contributed by atoms with Crippen LogP contribution in [0, 0.1) is 0 Å². The van der Waals surface area contributed by atoms with Gasteiger partial charge in [0.1, 0.15) is 0 Å². The van der Waals surface area contributed by atoms with Crippen LogP contribution in [0.5, 0.6) is 0 Å². The maximum atomic E-state index is 12.0. The summed E-state index contributed by atoms with van der Waals surface area (Å²) >= 11 is 0. The largest absolute Gasteiger partial charge is 0.340 e. The Balaban J connectivity index is 2.02. The molecule has 0 unspecified atom stereocenters. The van der Waals surface area contributed by atoms with Gasteiger partial charge in [0.25, 0.3) is 0 Å². The summed E-state index contributed by atoms with van der Waals surface area (Å²) < 4.78 is 0. The van der Waals surface area contributed by atoms with Crippen molar-refractivity contribution in [3.8, 4) is 0 Å². The number of carbonyl (C=O) groups excluding carboxylic acids is 1. The predicted octanol–water partition coefficient (Wildman–Crippen LogP) is 1.85. The highest BCUT2D eigenvalue weighted by atomic mass is 16.2. The molecule has 2 atom stereocenters. The minimum Gasteiger partial charge on any atom is -0.340 e. The van der Waals surface area contributed by atoms with Gasteiger partial charge in [-0.1, -0.05) is 30.3 Å². The van der Waals surface area contributed by atoms with Gasteiger partial charge in [-0.3, -0.25) is 9.69 Å². The third kappa shape index (κ3) is 4.05. The van der Waals surface area contributed by atoms with Gasteiger partial charge in [-0.25, -0.2) is 0 Å². The second-order valence-corrected chi connectivity index (χ2v) is 6.27. The number of nitrogens with zero attached hydrogens (tertiary/aromatic N) is 2. The molecule has 1 amide bonds. The van der Waals surface area contributed by atoms with Gasteiger partial charge in [-0.2, -0.15) is 0 Å². The Labute approximate surface area is 127 Å². The first-order valence-corrected chi connectivity index (χ1v) is 7.83. The number of carbonyl (C=O) groups is 1. The molecule has 1 aromatic carbocycles. The highest BCUT2D eigenvalue weighted by molar-refractivity contribution is 5.81. The highest BCUT2D eigenvalue weighted by Gasteiger charge is 2.32. The van der Waals surface area contributed by atoms with Crippen molar-refractivity contribution in [1.82, 2.24) is 9.80 Å². The second kappa shape index (κ2) is 7.05. The Hall–Kier alpha value is -1.39. The summed E-state index contributed by atoms with van der Waals surface area (Å²) in [5.41, 5.74) is 7.04. The molecule has 1 aliphatic rings. The molecular weight excluding hydrogens is 262 g/mol. The van der Waals surface area contributed by atoms with Crippen LogP contribution in [-0.4, -0.2) is 46.9 Å². The third-order valence-electron chi connectivity index (χ3n) is 4.20. The molecule has 4 heteroatoms. The normalized spacial score (nSPS) is 20.3. The molecule has 0 saturated carbocycles. The van der Waals surface area contributed by atoms with Gasteiger partial charge in [0.15, 0.2) is 0 Å². The van der Waals surface area contributed by atoms with Gasteiger partial charge in [0.05, 0.1) is 6.04 Å². The van der Waals surface area contributed by atoms with Crippen molar-refractivity contribution in [3.63, 3.8) is 0 Å². The fraction of sp³-hybridized carbons (Fsp3) is 0.588. The molecule has 0 aliphatic carbocycles. The van der Waals surface area contributed by atoms with Crippen LogP contribution in [0.15, 0.2) is 30.3 Å². The zero-order valence-electron chi connectivity index (χ0n) is 13.3. The van der Waals surface area contributed by atoms with Crippen molar-refractivity contribution in [1.29, 1.82) is 0 Å². The van der Waals surface area contributed by atoms with Crippen LogP contribution in [0.2, 0.25) is 0 Å². The first-order valence-electron chi connectivity index (χ1n) is 7.83. The van der Waals surface area contributed by atoms with Crippen LogP contribution >= 0.6 is 0 Å². The van der Waals surface area contributed by atoms with Crippen LogP contribution in [0.3, 0.4) is 0 Å². The quantitative estimate of drug-likeness (QED) is 0.900. The first-order chi connectivity index (χ1) is 9.99. The molecular formula is C17H27N3O. The van der Waals surface area contributed by atoms with Crippen LogP contribution < -0.4 is 5.73 Å². The summed E-state index contributed by atoms with van der Waals surface area (Å²) in [6.45, 7) is 8.76.